The van der Waals surface area contributed by atoms with E-state index in [2.05, 4.69) is 26.2 Å². The highest BCUT2D eigenvalue weighted by molar-refractivity contribution is 9.10. The van der Waals surface area contributed by atoms with Crippen LogP contribution in [0.15, 0.2) is 22.8 Å². The van der Waals surface area contributed by atoms with Crippen molar-refractivity contribution in [1.29, 1.82) is 0 Å². The van der Waals surface area contributed by atoms with E-state index in [-0.39, 0.29) is 5.69 Å². The van der Waals surface area contributed by atoms with Gasteiger partial charge in [-0.15, -0.1) is 5.10 Å². The van der Waals surface area contributed by atoms with Crippen LogP contribution in [-0.2, 0) is 0 Å². The lowest BCUT2D eigenvalue weighted by Gasteiger charge is -2.06. The smallest absolute Gasteiger partial charge is 0.274 e. The van der Waals surface area contributed by atoms with Gasteiger partial charge in [0.1, 0.15) is 5.69 Å². The van der Waals surface area contributed by atoms with Gasteiger partial charge in [-0.3, -0.25) is 10.1 Å². The highest BCUT2D eigenvalue weighted by atomic mass is 79.9. The van der Waals surface area contributed by atoms with Gasteiger partial charge in [-0.2, -0.15) is 0 Å². The molecule has 1 heterocycles. The molecule has 0 saturated heterocycles. The molecule has 7 nitrogen and oxygen atoms in total. The second kappa shape index (κ2) is 5.68. The van der Waals surface area contributed by atoms with Crippen molar-refractivity contribution in [3.63, 3.8) is 0 Å². The molecule has 0 fully saturated rings. The maximum absolute atomic E-state index is 11.0. The van der Waals surface area contributed by atoms with Crippen LogP contribution in [-0.4, -0.2) is 25.0 Å². The third-order valence-corrected chi connectivity index (χ3v) is 3.58. The zero-order valence-corrected chi connectivity index (χ0v) is 12.5. The Kier molecular flexibility index (Phi) is 4.15. The summed E-state index contributed by atoms with van der Waals surface area (Å²) in [6, 6.07) is 3.08. The van der Waals surface area contributed by atoms with E-state index in [4.69, 9.17) is 0 Å². The molecule has 0 spiro atoms. The summed E-state index contributed by atoms with van der Waals surface area (Å²) >= 11 is 3.36. The molecule has 2 rings (SSSR count). The fourth-order valence-corrected chi connectivity index (χ4v) is 2.42. The summed E-state index contributed by atoms with van der Waals surface area (Å²) in [5, 5.41) is 28.5. The molecule has 2 aromatic rings. The lowest BCUT2D eigenvalue weighted by molar-refractivity contribution is -0.385. The molecule has 0 aliphatic heterocycles. The van der Waals surface area contributed by atoms with E-state index in [0.29, 0.717) is 27.8 Å². The van der Waals surface area contributed by atoms with Gasteiger partial charge in [0, 0.05) is 16.1 Å². The highest BCUT2D eigenvalue weighted by Gasteiger charge is 2.17. The average Bonchev–Trinajstić information content (AvgIpc) is 2.86. The second-order valence-electron chi connectivity index (χ2n) is 4.36. The van der Waals surface area contributed by atoms with Gasteiger partial charge in [-0.1, -0.05) is 12.1 Å². The number of aryl methyl sites for hydroxylation is 1. The number of rotatable bonds is 4. The number of aliphatic hydroxyl groups excluding tert-OH is 1. The number of aliphatic hydroxyl groups is 1. The first kappa shape index (κ1) is 14.6. The molecule has 0 amide bonds. The molecule has 1 aromatic carbocycles. The number of benzene rings is 1. The molecule has 20 heavy (non-hydrogen) atoms. The SMILES string of the molecule is CCC(O)c1cn(-c2cc([N+](=O)[O-])c(C)cc2Br)nn1. The lowest BCUT2D eigenvalue weighted by Crippen LogP contribution is -2.00. The summed E-state index contributed by atoms with van der Waals surface area (Å²) in [5.41, 5.74) is 1.50. The number of nitro groups is 1. The van der Waals surface area contributed by atoms with E-state index in [0.717, 1.165) is 0 Å². The Balaban J connectivity index is 2.49. The minimum atomic E-state index is -0.692. The molecule has 8 heteroatoms. The van der Waals surface area contributed by atoms with E-state index < -0.39 is 11.0 Å². The van der Waals surface area contributed by atoms with Crippen molar-refractivity contribution in [3.8, 4) is 5.69 Å². The first-order chi connectivity index (χ1) is 9.43. The summed E-state index contributed by atoms with van der Waals surface area (Å²) in [6.07, 6.45) is 1.39. The molecular weight excluding hydrogens is 328 g/mol. The van der Waals surface area contributed by atoms with Crippen molar-refractivity contribution in [2.75, 3.05) is 0 Å². The van der Waals surface area contributed by atoms with Gasteiger partial charge in [0.05, 0.1) is 22.9 Å². The predicted molar refractivity (Wildman–Crippen MR) is 75.7 cm³/mol. The lowest BCUT2D eigenvalue weighted by atomic mass is 10.2. The molecule has 0 aliphatic carbocycles. The van der Waals surface area contributed by atoms with Crippen molar-refractivity contribution in [2.24, 2.45) is 0 Å². The van der Waals surface area contributed by atoms with E-state index in [1.807, 2.05) is 6.92 Å². The summed E-state index contributed by atoms with van der Waals surface area (Å²) in [6.45, 7) is 3.50. The standard InChI is InChI=1S/C12H13BrN4O3/c1-3-12(18)9-6-16(15-14-9)11-5-10(17(19)20)7(2)4-8(11)13/h4-6,12,18H,3H2,1-2H3. The Morgan fingerprint density at radius 2 is 2.25 bits per heavy atom. The minimum Gasteiger partial charge on any atom is -0.387 e. The van der Waals surface area contributed by atoms with Crippen molar-refractivity contribution in [1.82, 2.24) is 15.0 Å². The number of hydrogen-bond donors (Lipinski definition) is 1. The molecule has 1 aromatic heterocycles. The van der Waals surface area contributed by atoms with E-state index in [9.17, 15) is 15.2 Å². The molecule has 106 valence electrons. The third-order valence-electron chi connectivity index (χ3n) is 2.95. The third kappa shape index (κ3) is 2.70. The van der Waals surface area contributed by atoms with Crippen molar-refractivity contribution in [3.05, 3.63) is 44.2 Å². The molecule has 0 saturated carbocycles. The Hall–Kier alpha value is -1.80. The van der Waals surface area contributed by atoms with Gasteiger partial charge in [0.2, 0.25) is 0 Å². The predicted octanol–water partition coefficient (Wildman–Crippen LogP) is 2.69. The average molecular weight is 341 g/mol. The van der Waals surface area contributed by atoms with Gasteiger partial charge in [0.15, 0.2) is 0 Å². The van der Waals surface area contributed by atoms with Gasteiger partial charge in [-0.05, 0) is 35.3 Å². The fourth-order valence-electron chi connectivity index (χ4n) is 1.78. The highest BCUT2D eigenvalue weighted by Crippen LogP contribution is 2.29. The van der Waals surface area contributed by atoms with Gasteiger partial charge >= 0.3 is 0 Å². The van der Waals surface area contributed by atoms with Crippen LogP contribution in [0.2, 0.25) is 0 Å². The summed E-state index contributed by atoms with van der Waals surface area (Å²) in [7, 11) is 0. The Morgan fingerprint density at radius 1 is 1.55 bits per heavy atom. The summed E-state index contributed by atoms with van der Waals surface area (Å²) in [5.74, 6) is 0. The van der Waals surface area contributed by atoms with Crippen LogP contribution in [0.3, 0.4) is 0 Å². The molecule has 1 N–H and O–H groups in total. The first-order valence-corrected chi connectivity index (χ1v) is 6.78. The first-order valence-electron chi connectivity index (χ1n) is 5.99. The normalized spacial score (nSPS) is 12.4. The van der Waals surface area contributed by atoms with Crippen LogP contribution < -0.4 is 0 Å². The van der Waals surface area contributed by atoms with Crippen molar-refractivity contribution in [2.45, 2.75) is 26.4 Å². The number of halogens is 1. The Morgan fingerprint density at radius 3 is 2.85 bits per heavy atom. The quantitative estimate of drug-likeness (QED) is 0.682. The van der Waals surface area contributed by atoms with Crippen LogP contribution in [0, 0.1) is 17.0 Å². The van der Waals surface area contributed by atoms with Gasteiger partial charge < -0.3 is 5.11 Å². The van der Waals surface area contributed by atoms with Crippen LogP contribution >= 0.6 is 15.9 Å². The molecular formula is C12H13BrN4O3. The van der Waals surface area contributed by atoms with Crippen LogP contribution in [0.25, 0.3) is 5.69 Å². The molecule has 1 unspecified atom stereocenters. The molecule has 0 bridgehead atoms. The monoisotopic (exact) mass is 340 g/mol. The van der Waals surface area contributed by atoms with Gasteiger partial charge in [0.25, 0.3) is 5.69 Å². The second-order valence-corrected chi connectivity index (χ2v) is 5.21. The number of nitro benzene ring substituents is 1. The zero-order valence-electron chi connectivity index (χ0n) is 10.9. The zero-order chi connectivity index (χ0) is 14.9. The number of aromatic nitrogens is 3. The fraction of sp³-hybridized carbons (Fsp3) is 0.333. The molecule has 0 radical (unpaired) electrons. The summed E-state index contributed by atoms with van der Waals surface area (Å²) in [4.78, 5) is 10.5. The minimum absolute atomic E-state index is 0.0105. The summed E-state index contributed by atoms with van der Waals surface area (Å²) < 4.78 is 2.08. The molecule has 0 aliphatic rings. The number of nitrogens with zero attached hydrogens (tertiary/aromatic N) is 4. The van der Waals surface area contributed by atoms with Crippen LogP contribution in [0.4, 0.5) is 5.69 Å². The number of hydrogen-bond acceptors (Lipinski definition) is 5. The van der Waals surface area contributed by atoms with Crippen LogP contribution in [0.5, 0.6) is 0 Å². The largest absolute Gasteiger partial charge is 0.387 e. The van der Waals surface area contributed by atoms with Gasteiger partial charge in [-0.25, -0.2) is 4.68 Å². The van der Waals surface area contributed by atoms with Crippen molar-refractivity contribution < 1.29 is 10.0 Å². The maximum atomic E-state index is 11.0. The van der Waals surface area contributed by atoms with Crippen molar-refractivity contribution >= 4 is 21.6 Å². The van der Waals surface area contributed by atoms with E-state index in [1.165, 1.54) is 10.7 Å². The topological polar surface area (TPSA) is 94.1 Å². The Labute approximate surface area is 123 Å². The van der Waals surface area contributed by atoms with Crippen LogP contribution in [0.1, 0.15) is 30.7 Å². The Bertz CT molecular complexity index is 656. The molecule has 1 atom stereocenters. The van der Waals surface area contributed by atoms with E-state index in [1.54, 1.807) is 19.2 Å². The maximum Gasteiger partial charge on any atom is 0.274 e. The van der Waals surface area contributed by atoms with E-state index >= 15 is 0 Å².